The van der Waals surface area contributed by atoms with Crippen molar-refractivity contribution < 1.29 is 14.7 Å². The van der Waals surface area contributed by atoms with Crippen LogP contribution in [0.15, 0.2) is 24.3 Å². The van der Waals surface area contributed by atoms with Crippen LogP contribution in [0.25, 0.3) is 0 Å². The molecule has 0 heterocycles. The van der Waals surface area contributed by atoms with Crippen LogP contribution >= 0.6 is 0 Å². The molecule has 0 bridgehead atoms. The monoisotopic (exact) mass is 277 g/mol. The molecular formula is C16H23NO3. The van der Waals surface area contributed by atoms with Gasteiger partial charge in [-0.05, 0) is 29.9 Å². The minimum absolute atomic E-state index is 0.214. The van der Waals surface area contributed by atoms with Gasteiger partial charge in [-0.1, -0.05) is 45.0 Å². The fourth-order valence-corrected chi connectivity index (χ4v) is 2.02. The van der Waals surface area contributed by atoms with Gasteiger partial charge < -0.3 is 10.4 Å². The van der Waals surface area contributed by atoms with Gasteiger partial charge in [-0.3, -0.25) is 4.79 Å². The molecule has 0 unspecified atom stereocenters. The predicted octanol–water partition coefficient (Wildman–Crippen LogP) is 2.41. The zero-order chi connectivity index (χ0) is 15.1. The first-order valence-corrected chi connectivity index (χ1v) is 7.02. The van der Waals surface area contributed by atoms with Crippen LogP contribution in [0, 0.1) is 5.92 Å². The number of carbonyl (C=O) groups excluding carboxylic acids is 1. The highest BCUT2D eigenvalue weighted by molar-refractivity contribution is 5.84. The molecule has 1 atom stereocenters. The number of carboxylic acid groups (broad SMARTS) is 1. The smallest absolute Gasteiger partial charge is 0.326 e. The minimum Gasteiger partial charge on any atom is -0.480 e. The lowest BCUT2D eigenvalue weighted by Gasteiger charge is -2.16. The molecule has 1 aromatic rings. The van der Waals surface area contributed by atoms with Crippen molar-refractivity contribution in [1.82, 2.24) is 5.32 Å². The first-order valence-electron chi connectivity index (χ1n) is 7.02. The third kappa shape index (κ3) is 5.43. The molecule has 0 fully saturated rings. The van der Waals surface area contributed by atoms with Gasteiger partial charge in [0.15, 0.2) is 0 Å². The molecule has 4 heteroatoms. The number of amides is 1. The summed E-state index contributed by atoms with van der Waals surface area (Å²) in [4.78, 5) is 23.0. The first kappa shape index (κ1) is 16.2. The van der Waals surface area contributed by atoms with Gasteiger partial charge >= 0.3 is 5.97 Å². The van der Waals surface area contributed by atoms with Crippen LogP contribution in [0.5, 0.6) is 0 Å². The molecule has 0 radical (unpaired) electrons. The number of hydrogen-bond acceptors (Lipinski definition) is 2. The van der Waals surface area contributed by atoms with E-state index in [2.05, 4.69) is 12.2 Å². The molecule has 1 aromatic carbocycles. The van der Waals surface area contributed by atoms with Gasteiger partial charge in [0.1, 0.15) is 6.04 Å². The van der Waals surface area contributed by atoms with Crippen LogP contribution in [-0.2, 0) is 22.4 Å². The van der Waals surface area contributed by atoms with E-state index in [1.807, 2.05) is 38.1 Å². The summed E-state index contributed by atoms with van der Waals surface area (Å²) in [6.07, 6.45) is 1.61. The number of aliphatic carboxylic acids is 1. The summed E-state index contributed by atoms with van der Waals surface area (Å²) < 4.78 is 0. The third-order valence-electron chi connectivity index (χ3n) is 3.14. The summed E-state index contributed by atoms with van der Waals surface area (Å²) in [5, 5.41) is 11.7. The molecule has 20 heavy (non-hydrogen) atoms. The van der Waals surface area contributed by atoms with Gasteiger partial charge in [0, 0.05) is 0 Å². The summed E-state index contributed by atoms with van der Waals surface area (Å²) >= 11 is 0. The molecule has 0 aliphatic rings. The van der Waals surface area contributed by atoms with Crippen LogP contribution < -0.4 is 5.32 Å². The quantitative estimate of drug-likeness (QED) is 0.804. The highest BCUT2D eigenvalue weighted by atomic mass is 16.4. The van der Waals surface area contributed by atoms with Crippen LogP contribution in [0.4, 0.5) is 0 Å². The lowest BCUT2D eigenvalue weighted by molar-refractivity contribution is -0.142. The zero-order valence-electron chi connectivity index (χ0n) is 12.3. The molecule has 1 amide bonds. The molecule has 0 saturated heterocycles. The number of carbonyl (C=O) groups is 2. The van der Waals surface area contributed by atoms with Crippen LogP contribution in [0.2, 0.25) is 0 Å². The first-order chi connectivity index (χ1) is 9.42. The molecule has 4 nitrogen and oxygen atoms in total. The predicted molar refractivity (Wildman–Crippen MR) is 78.5 cm³/mol. The third-order valence-corrected chi connectivity index (χ3v) is 3.14. The van der Waals surface area contributed by atoms with Gasteiger partial charge in [-0.15, -0.1) is 0 Å². The maximum Gasteiger partial charge on any atom is 0.326 e. The Kier molecular flexibility index (Phi) is 6.22. The number of hydrogen-bond donors (Lipinski definition) is 2. The highest BCUT2D eigenvalue weighted by Gasteiger charge is 2.20. The Bertz CT molecular complexity index is 451. The van der Waals surface area contributed by atoms with Gasteiger partial charge in [0.25, 0.3) is 0 Å². The fraction of sp³-hybridized carbons (Fsp3) is 0.500. The van der Waals surface area contributed by atoms with E-state index in [4.69, 9.17) is 5.11 Å². The normalized spacial score (nSPS) is 12.2. The fourth-order valence-electron chi connectivity index (χ4n) is 2.02. The molecule has 2 N–H and O–H groups in total. The topological polar surface area (TPSA) is 66.4 Å². The largest absolute Gasteiger partial charge is 0.480 e. The van der Waals surface area contributed by atoms with Gasteiger partial charge in [-0.25, -0.2) is 4.79 Å². The molecule has 0 aliphatic carbocycles. The van der Waals surface area contributed by atoms with Gasteiger partial charge in [-0.2, -0.15) is 0 Å². The van der Waals surface area contributed by atoms with Crippen LogP contribution in [0.3, 0.4) is 0 Å². The Labute approximate surface area is 120 Å². The van der Waals surface area contributed by atoms with E-state index in [0.717, 1.165) is 12.0 Å². The lowest BCUT2D eigenvalue weighted by atomic mass is 10.0. The van der Waals surface area contributed by atoms with E-state index in [1.54, 1.807) is 0 Å². The van der Waals surface area contributed by atoms with Crippen molar-refractivity contribution in [2.45, 2.75) is 46.1 Å². The summed E-state index contributed by atoms with van der Waals surface area (Å²) in [6.45, 7) is 5.95. The van der Waals surface area contributed by atoms with Gasteiger partial charge in [0.2, 0.25) is 5.91 Å². The van der Waals surface area contributed by atoms with Crippen LogP contribution in [0.1, 0.15) is 38.3 Å². The summed E-state index contributed by atoms with van der Waals surface area (Å²) in [5.74, 6) is -1.00. The van der Waals surface area contributed by atoms with Crippen LogP contribution in [-0.4, -0.2) is 23.0 Å². The van der Waals surface area contributed by atoms with Crippen molar-refractivity contribution in [3.63, 3.8) is 0 Å². The van der Waals surface area contributed by atoms with E-state index in [0.29, 0.717) is 6.42 Å². The SMILES string of the molecule is CCc1ccc(CC(=O)N[C@@H](CC(C)C)C(=O)O)cc1. The Morgan fingerprint density at radius 2 is 1.70 bits per heavy atom. The summed E-state index contributed by atoms with van der Waals surface area (Å²) in [5.41, 5.74) is 2.12. The van der Waals surface area contributed by atoms with Crippen molar-refractivity contribution in [3.05, 3.63) is 35.4 Å². The molecule has 0 saturated carbocycles. The van der Waals surface area contributed by atoms with Crippen molar-refractivity contribution in [1.29, 1.82) is 0 Å². The highest BCUT2D eigenvalue weighted by Crippen LogP contribution is 2.08. The van der Waals surface area contributed by atoms with Crippen molar-refractivity contribution in [2.24, 2.45) is 5.92 Å². The number of rotatable bonds is 7. The van der Waals surface area contributed by atoms with E-state index in [1.165, 1.54) is 5.56 Å². The maximum atomic E-state index is 11.9. The Hall–Kier alpha value is -1.84. The summed E-state index contributed by atoms with van der Waals surface area (Å²) in [6, 6.07) is 7.00. The molecular weight excluding hydrogens is 254 g/mol. The molecule has 0 aromatic heterocycles. The van der Waals surface area contributed by atoms with E-state index < -0.39 is 12.0 Å². The average Bonchev–Trinajstić information content (AvgIpc) is 2.38. The lowest BCUT2D eigenvalue weighted by Crippen LogP contribution is -2.42. The number of benzene rings is 1. The standard InChI is InChI=1S/C16H23NO3/c1-4-12-5-7-13(8-6-12)10-15(18)17-14(16(19)20)9-11(2)3/h5-8,11,14H,4,9-10H2,1-3H3,(H,17,18)(H,19,20)/t14-/m0/s1. The molecule has 1 rings (SSSR count). The van der Waals surface area contributed by atoms with Crippen molar-refractivity contribution in [2.75, 3.05) is 0 Å². The maximum absolute atomic E-state index is 11.9. The Morgan fingerprint density at radius 1 is 1.15 bits per heavy atom. The van der Waals surface area contributed by atoms with E-state index in [-0.39, 0.29) is 18.2 Å². The van der Waals surface area contributed by atoms with Crippen molar-refractivity contribution >= 4 is 11.9 Å². The molecule has 110 valence electrons. The molecule has 0 aliphatic heterocycles. The van der Waals surface area contributed by atoms with Crippen molar-refractivity contribution in [3.8, 4) is 0 Å². The number of nitrogens with one attached hydrogen (secondary N) is 1. The number of aryl methyl sites for hydroxylation is 1. The average molecular weight is 277 g/mol. The minimum atomic E-state index is -0.978. The van der Waals surface area contributed by atoms with E-state index >= 15 is 0 Å². The molecule has 0 spiro atoms. The second-order valence-electron chi connectivity index (χ2n) is 5.43. The van der Waals surface area contributed by atoms with Gasteiger partial charge in [0.05, 0.1) is 6.42 Å². The number of carboxylic acids is 1. The Morgan fingerprint density at radius 3 is 2.15 bits per heavy atom. The second-order valence-corrected chi connectivity index (χ2v) is 5.43. The Balaban J connectivity index is 2.58. The summed E-state index contributed by atoms with van der Waals surface area (Å²) in [7, 11) is 0. The second kappa shape index (κ2) is 7.68. The zero-order valence-corrected chi connectivity index (χ0v) is 12.3. The van der Waals surface area contributed by atoms with E-state index in [9.17, 15) is 9.59 Å².